The average molecular weight is 415 g/mol. The fourth-order valence-electron chi connectivity index (χ4n) is 3.46. The molecule has 0 spiro atoms. The van der Waals surface area contributed by atoms with Crippen molar-refractivity contribution in [2.45, 2.75) is 27.2 Å². The molecule has 3 nitrogen and oxygen atoms in total. The van der Waals surface area contributed by atoms with Gasteiger partial charge >= 0.3 is 0 Å². The lowest BCUT2D eigenvalue weighted by atomic mass is 9.96. The molecule has 0 saturated carbocycles. The molecule has 1 N–H and O–H groups in total. The first-order valence-electron chi connectivity index (χ1n) is 9.70. The summed E-state index contributed by atoms with van der Waals surface area (Å²) in [4.78, 5) is 12.7. The van der Waals surface area contributed by atoms with Gasteiger partial charge in [0, 0.05) is 10.7 Å². The normalized spacial score (nSPS) is 11.1. The minimum atomic E-state index is -0.441. The molecule has 0 aromatic heterocycles. The number of nitrogens with one attached hydrogen (secondary N) is 1. The zero-order chi connectivity index (χ0) is 21.7. The van der Waals surface area contributed by atoms with Crippen molar-refractivity contribution in [3.63, 3.8) is 0 Å². The molecule has 0 bridgehead atoms. The van der Waals surface area contributed by atoms with Crippen LogP contribution in [0.2, 0.25) is 5.02 Å². The van der Waals surface area contributed by atoms with Crippen molar-refractivity contribution in [2.24, 2.45) is 0 Å². The zero-order valence-corrected chi connectivity index (χ0v) is 18.0. The first-order chi connectivity index (χ1) is 14.4. The Labute approximate surface area is 182 Å². The van der Waals surface area contributed by atoms with Crippen molar-refractivity contribution >= 4 is 29.3 Å². The van der Waals surface area contributed by atoms with Crippen molar-refractivity contribution in [3.05, 3.63) is 105 Å². The van der Waals surface area contributed by atoms with E-state index in [9.17, 15) is 10.1 Å². The molecule has 0 unspecified atom stereocenters. The van der Waals surface area contributed by atoms with Crippen LogP contribution >= 0.6 is 11.6 Å². The number of rotatable bonds is 5. The van der Waals surface area contributed by atoms with Crippen LogP contribution in [0.4, 0.5) is 5.69 Å². The van der Waals surface area contributed by atoms with E-state index in [1.54, 1.807) is 12.1 Å². The second-order valence-corrected chi connectivity index (χ2v) is 7.89. The Kier molecular flexibility index (Phi) is 6.72. The van der Waals surface area contributed by atoms with Gasteiger partial charge in [-0.15, -0.1) is 0 Å². The Morgan fingerprint density at radius 1 is 1.03 bits per heavy atom. The second-order valence-electron chi connectivity index (χ2n) is 7.45. The van der Waals surface area contributed by atoms with Crippen LogP contribution in [0.15, 0.2) is 66.2 Å². The molecule has 150 valence electrons. The van der Waals surface area contributed by atoms with E-state index in [0.717, 1.165) is 16.7 Å². The van der Waals surface area contributed by atoms with Gasteiger partial charge < -0.3 is 5.32 Å². The fourth-order valence-corrected chi connectivity index (χ4v) is 3.64. The van der Waals surface area contributed by atoms with Crippen LogP contribution in [0.25, 0.3) is 6.08 Å². The van der Waals surface area contributed by atoms with E-state index in [2.05, 4.69) is 37.4 Å². The highest BCUT2D eigenvalue weighted by molar-refractivity contribution is 6.30. The highest BCUT2D eigenvalue weighted by Crippen LogP contribution is 2.23. The summed E-state index contributed by atoms with van der Waals surface area (Å²) < 4.78 is 0. The molecule has 0 saturated heterocycles. The van der Waals surface area contributed by atoms with Crippen LogP contribution in [-0.4, -0.2) is 5.91 Å². The highest BCUT2D eigenvalue weighted by Gasteiger charge is 2.13. The average Bonchev–Trinajstić information content (AvgIpc) is 2.69. The number of hydrogen-bond donors (Lipinski definition) is 1. The number of nitriles is 1. The van der Waals surface area contributed by atoms with Crippen molar-refractivity contribution in [1.29, 1.82) is 5.26 Å². The van der Waals surface area contributed by atoms with Crippen LogP contribution in [0, 0.1) is 32.1 Å². The van der Waals surface area contributed by atoms with Crippen molar-refractivity contribution in [3.8, 4) is 6.07 Å². The summed E-state index contributed by atoms with van der Waals surface area (Å²) >= 11 is 6.21. The quantitative estimate of drug-likeness (QED) is 0.387. The molecule has 0 atom stereocenters. The van der Waals surface area contributed by atoms with Crippen molar-refractivity contribution < 1.29 is 4.79 Å². The van der Waals surface area contributed by atoms with Gasteiger partial charge in [-0.1, -0.05) is 65.2 Å². The maximum absolute atomic E-state index is 12.7. The first kappa shape index (κ1) is 21.4. The van der Waals surface area contributed by atoms with Gasteiger partial charge in [0.25, 0.3) is 5.91 Å². The molecular formula is C26H23ClN2O. The lowest BCUT2D eigenvalue weighted by Gasteiger charge is -2.11. The van der Waals surface area contributed by atoms with E-state index >= 15 is 0 Å². The van der Waals surface area contributed by atoms with Gasteiger partial charge in [0.15, 0.2) is 0 Å². The van der Waals surface area contributed by atoms with E-state index < -0.39 is 5.91 Å². The van der Waals surface area contributed by atoms with Gasteiger partial charge in [-0.25, -0.2) is 0 Å². The highest BCUT2D eigenvalue weighted by atomic mass is 35.5. The van der Waals surface area contributed by atoms with E-state index in [0.29, 0.717) is 17.1 Å². The number of para-hydroxylation sites is 1. The summed E-state index contributed by atoms with van der Waals surface area (Å²) in [6.45, 7) is 6.05. The molecule has 0 heterocycles. The van der Waals surface area contributed by atoms with E-state index in [1.807, 2.05) is 49.4 Å². The number of nitrogens with zero attached hydrogens (tertiary/aromatic N) is 1. The van der Waals surface area contributed by atoms with Gasteiger partial charge in [-0.05, 0) is 73.7 Å². The van der Waals surface area contributed by atoms with Crippen LogP contribution in [0.1, 0.15) is 33.4 Å². The Hall–Kier alpha value is -3.35. The standard InChI is InChI=1S/C26H23ClN2O/c1-17-10-18(2)12-20(11-17)13-21-8-9-24(27)15-22(21)14-23(16-28)26(30)29-25-7-5-4-6-19(25)3/h4-12,14-15H,13H2,1-3H3,(H,29,30)/b23-14+. The monoisotopic (exact) mass is 414 g/mol. The van der Waals surface area contributed by atoms with Crippen molar-refractivity contribution in [2.75, 3.05) is 5.32 Å². The van der Waals surface area contributed by atoms with Crippen LogP contribution in [0.3, 0.4) is 0 Å². The van der Waals surface area contributed by atoms with E-state index in [-0.39, 0.29) is 5.57 Å². The summed E-state index contributed by atoms with van der Waals surface area (Å²) in [6.07, 6.45) is 2.29. The molecular weight excluding hydrogens is 392 g/mol. The van der Waals surface area contributed by atoms with Gasteiger partial charge in [0.05, 0.1) is 0 Å². The van der Waals surface area contributed by atoms with Gasteiger partial charge in [-0.3, -0.25) is 4.79 Å². The topological polar surface area (TPSA) is 52.9 Å². The minimum Gasteiger partial charge on any atom is -0.321 e. The number of carbonyl (C=O) groups is 1. The Balaban J connectivity index is 1.94. The molecule has 0 aliphatic heterocycles. The SMILES string of the molecule is Cc1cc(C)cc(Cc2ccc(Cl)cc2/C=C(\C#N)C(=O)Nc2ccccc2C)c1. The van der Waals surface area contributed by atoms with Crippen LogP contribution in [0.5, 0.6) is 0 Å². The Morgan fingerprint density at radius 3 is 2.40 bits per heavy atom. The number of carbonyl (C=O) groups excluding carboxylic acids is 1. The lowest BCUT2D eigenvalue weighted by molar-refractivity contribution is -0.112. The predicted octanol–water partition coefficient (Wildman–Crippen LogP) is 6.40. The lowest BCUT2D eigenvalue weighted by Crippen LogP contribution is -2.14. The number of benzene rings is 3. The molecule has 3 aromatic rings. The third-order valence-electron chi connectivity index (χ3n) is 4.84. The molecule has 0 aliphatic rings. The van der Waals surface area contributed by atoms with Crippen LogP contribution < -0.4 is 5.32 Å². The molecule has 3 rings (SSSR count). The summed E-state index contributed by atoms with van der Waals surface area (Å²) in [5.74, 6) is -0.441. The third kappa shape index (κ3) is 5.37. The summed E-state index contributed by atoms with van der Waals surface area (Å²) in [7, 11) is 0. The van der Waals surface area contributed by atoms with Crippen LogP contribution in [-0.2, 0) is 11.2 Å². The smallest absolute Gasteiger partial charge is 0.266 e. The zero-order valence-electron chi connectivity index (χ0n) is 17.3. The molecule has 0 aliphatic carbocycles. The summed E-state index contributed by atoms with van der Waals surface area (Å²) in [5, 5.41) is 13.0. The number of anilines is 1. The number of aryl methyl sites for hydroxylation is 3. The van der Waals surface area contributed by atoms with Gasteiger partial charge in [0.1, 0.15) is 11.6 Å². The molecule has 1 amide bonds. The summed E-state index contributed by atoms with van der Waals surface area (Å²) in [5.41, 5.74) is 6.98. The molecule has 0 fully saturated rings. The molecule has 4 heteroatoms. The van der Waals surface area contributed by atoms with Gasteiger partial charge in [0.2, 0.25) is 0 Å². The molecule has 30 heavy (non-hydrogen) atoms. The minimum absolute atomic E-state index is 0.0298. The first-order valence-corrected chi connectivity index (χ1v) is 10.1. The summed E-state index contributed by atoms with van der Waals surface area (Å²) in [6, 6.07) is 21.5. The van der Waals surface area contributed by atoms with Crippen molar-refractivity contribution in [1.82, 2.24) is 0 Å². The Bertz CT molecular complexity index is 1150. The third-order valence-corrected chi connectivity index (χ3v) is 5.08. The molecule has 0 radical (unpaired) electrons. The molecule has 3 aromatic carbocycles. The number of hydrogen-bond acceptors (Lipinski definition) is 2. The second kappa shape index (κ2) is 9.43. The number of amides is 1. The Morgan fingerprint density at radius 2 is 1.73 bits per heavy atom. The van der Waals surface area contributed by atoms with Gasteiger partial charge in [-0.2, -0.15) is 5.26 Å². The van der Waals surface area contributed by atoms with E-state index in [4.69, 9.17) is 11.6 Å². The predicted molar refractivity (Wildman–Crippen MR) is 124 cm³/mol. The fraction of sp³-hybridized carbons (Fsp3) is 0.154. The maximum atomic E-state index is 12.7. The van der Waals surface area contributed by atoms with E-state index in [1.165, 1.54) is 16.7 Å². The largest absolute Gasteiger partial charge is 0.321 e. The maximum Gasteiger partial charge on any atom is 0.266 e. The number of halogens is 1.